The fourth-order valence-corrected chi connectivity index (χ4v) is 2.95. The summed E-state index contributed by atoms with van der Waals surface area (Å²) in [6, 6.07) is 0. The molecule has 1 saturated heterocycles. The average molecular weight is 285 g/mol. The normalized spacial score (nSPS) is 30.0. The molecule has 1 rings (SSSR count). The van der Waals surface area contributed by atoms with Crippen molar-refractivity contribution < 1.29 is 17.8 Å². The Morgan fingerprint density at radius 1 is 1.35 bits per heavy atom. The quantitative estimate of drug-likeness (QED) is 0.609. The highest BCUT2D eigenvalue weighted by molar-refractivity contribution is 7.85. The van der Waals surface area contributed by atoms with Crippen molar-refractivity contribution in [3.8, 4) is 0 Å². The fourth-order valence-electron chi connectivity index (χ4n) is 2.04. The Kier molecular flexibility index (Phi) is 3.53. The summed E-state index contributed by atoms with van der Waals surface area (Å²) in [7, 11) is -2.51. The lowest BCUT2D eigenvalue weighted by atomic mass is 10.1. The number of hydrogen-bond donors (Lipinski definition) is 1. The molecule has 17 heavy (non-hydrogen) atoms. The minimum atomic E-state index is -4.07. The standard InChI is InChI=1S/C9H17ClN2O4S/c1-8(2)7(13)11(4)9(3,12(8)10)5-6-17(14,15)16/h5-6H2,1-4H3,(H,14,15,16). The number of nitrogens with zero attached hydrogens (tertiary/aromatic N) is 2. The van der Waals surface area contributed by atoms with Gasteiger partial charge in [-0.2, -0.15) is 12.8 Å². The highest BCUT2D eigenvalue weighted by atomic mass is 35.5. The van der Waals surface area contributed by atoms with Crippen molar-refractivity contribution >= 4 is 27.8 Å². The number of hydrogen-bond acceptors (Lipinski definition) is 4. The number of likely N-dealkylation sites (N-methyl/N-ethyl adjacent to an activating group) is 1. The Labute approximate surface area is 106 Å². The number of carbonyl (C=O) groups is 1. The van der Waals surface area contributed by atoms with Gasteiger partial charge >= 0.3 is 0 Å². The molecule has 6 nitrogen and oxygen atoms in total. The largest absolute Gasteiger partial charge is 0.325 e. The maximum atomic E-state index is 12.0. The highest BCUT2D eigenvalue weighted by Gasteiger charge is 2.56. The second kappa shape index (κ2) is 4.08. The third-order valence-corrected chi connectivity index (χ3v) is 4.80. The molecular weight excluding hydrogens is 268 g/mol. The van der Waals surface area contributed by atoms with Gasteiger partial charge in [-0.25, -0.2) is 0 Å². The van der Waals surface area contributed by atoms with Gasteiger partial charge in [-0.15, -0.1) is 0 Å². The van der Waals surface area contributed by atoms with E-state index in [1.807, 2.05) is 0 Å². The van der Waals surface area contributed by atoms with Crippen molar-refractivity contribution in [3.05, 3.63) is 0 Å². The van der Waals surface area contributed by atoms with Crippen LogP contribution in [0.15, 0.2) is 0 Å². The number of halogens is 1. The number of amides is 1. The van der Waals surface area contributed by atoms with Gasteiger partial charge in [-0.3, -0.25) is 9.35 Å². The van der Waals surface area contributed by atoms with Gasteiger partial charge in [0, 0.05) is 13.5 Å². The van der Waals surface area contributed by atoms with Crippen LogP contribution in [0.5, 0.6) is 0 Å². The lowest BCUT2D eigenvalue weighted by Crippen LogP contribution is -2.49. The van der Waals surface area contributed by atoms with E-state index in [9.17, 15) is 13.2 Å². The third-order valence-electron chi connectivity index (χ3n) is 3.30. The molecule has 1 fully saturated rings. The van der Waals surface area contributed by atoms with E-state index in [-0.39, 0.29) is 12.3 Å². The highest BCUT2D eigenvalue weighted by Crippen LogP contribution is 2.41. The second-order valence-corrected chi connectivity index (χ2v) is 6.87. The number of carbonyl (C=O) groups excluding carboxylic acids is 1. The zero-order chi connectivity index (χ0) is 13.6. The van der Waals surface area contributed by atoms with Crippen LogP contribution in [0, 0.1) is 0 Å². The van der Waals surface area contributed by atoms with Gasteiger partial charge in [0.15, 0.2) is 0 Å². The van der Waals surface area contributed by atoms with Crippen molar-refractivity contribution in [2.24, 2.45) is 0 Å². The monoisotopic (exact) mass is 284 g/mol. The molecule has 0 aliphatic carbocycles. The van der Waals surface area contributed by atoms with E-state index in [2.05, 4.69) is 0 Å². The van der Waals surface area contributed by atoms with Gasteiger partial charge in [-0.05, 0) is 32.5 Å². The van der Waals surface area contributed by atoms with E-state index in [0.29, 0.717) is 0 Å². The van der Waals surface area contributed by atoms with E-state index in [1.165, 1.54) is 9.32 Å². The zero-order valence-electron chi connectivity index (χ0n) is 10.3. The molecule has 0 radical (unpaired) electrons. The van der Waals surface area contributed by atoms with Crippen LogP contribution in [0.3, 0.4) is 0 Å². The van der Waals surface area contributed by atoms with Crippen LogP contribution in [0.2, 0.25) is 0 Å². The van der Waals surface area contributed by atoms with Crippen molar-refractivity contribution in [1.29, 1.82) is 0 Å². The molecule has 100 valence electrons. The van der Waals surface area contributed by atoms with Crippen LogP contribution in [0.25, 0.3) is 0 Å². The van der Waals surface area contributed by atoms with Gasteiger partial charge in [0.2, 0.25) is 5.91 Å². The molecule has 1 amide bonds. The molecule has 0 aromatic rings. The first-order chi connectivity index (χ1) is 7.43. The first kappa shape index (κ1) is 14.7. The topological polar surface area (TPSA) is 77.9 Å². The molecule has 0 aromatic heterocycles. The summed E-state index contributed by atoms with van der Waals surface area (Å²) in [5.74, 6) is -0.634. The molecule has 0 saturated carbocycles. The van der Waals surface area contributed by atoms with E-state index in [1.54, 1.807) is 27.8 Å². The Hall–Kier alpha value is -0.370. The smallest absolute Gasteiger partial charge is 0.264 e. The van der Waals surface area contributed by atoms with E-state index < -0.39 is 27.1 Å². The van der Waals surface area contributed by atoms with Gasteiger partial charge in [0.05, 0.1) is 5.75 Å². The summed E-state index contributed by atoms with van der Waals surface area (Å²) in [5.41, 5.74) is -1.83. The number of rotatable bonds is 3. The van der Waals surface area contributed by atoms with Crippen molar-refractivity contribution in [2.75, 3.05) is 12.8 Å². The minimum absolute atomic E-state index is 0.0427. The van der Waals surface area contributed by atoms with Crippen molar-refractivity contribution in [2.45, 2.75) is 38.4 Å². The predicted molar refractivity (Wildman–Crippen MR) is 64.0 cm³/mol. The molecule has 1 N–H and O–H groups in total. The molecule has 1 aliphatic heterocycles. The van der Waals surface area contributed by atoms with Crippen LogP contribution < -0.4 is 0 Å². The van der Waals surface area contributed by atoms with E-state index in [4.69, 9.17) is 16.3 Å². The maximum absolute atomic E-state index is 12.0. The van der Waals surface area contributed by atoms with Crippen LogP contribution in [0.1, 0.15) is 27.2 Å². The molecule has 0 spiro atoms. The molecule has 1 atom stereocenters. The van der Waals surface area contributed by atoms with Crippen LogP contribution in [-0.4, -0.2) is 52.2 Å². The van der Waals surface area contributed by atoms with Crippen molar-refractivity contribution in [1.82, 2.24) is 9.32 Å². The Morgan fingerprint density at radius 2 is 1.82 bits per heavy atom. The summed E-state index contributed by atoms with van der Waals surface area (Å²) < 4.78 is 31.6. The Bertz CT molecular complexity index is 436. The van der Waals surface area contributed by atoms with Gasteiger partial charge in [0.25, 0.3) is 10.1 Å². The van der Waals surface area contributed by atoms with Gasteiger partial charge < -0.3 is 4.90 Å². The molecule has 0 bridgehead atoms. The second-order valence-electron chi connectivity index (χ2n) is 4.96. The summed E-state index contributed by atoms with van der Waals surface area (Å²) in [6.07, 6.45) is 0.0427. The Morgan fingerprint density at radius 3 is 2.12 bits per heavy atom. The lowest BCUT2D eigenvalue weighted by molar-refractivity contribution is -0.132. The van der Waals surface area contributed by atoms with Crippen LogP contribution >= 0.6 is 11.8 Å². The van der Waals surface area contributed by atoms with Crippen LogP contribution in [-0.2, 0) is 14.9 Å². The minimum Gasteiger partial charge on any atom is -0.325 e. The van der Waals surface area contributed by atoms with Crippen LogP contribution in [0.4, 0.5) is 0 Å². The van der Waals surface area contributed by atoms with Gasteiger partial charge in [-0.1, -0.05) is 0 Å². The predicted octanol–water partition coefficient (Wildman–Crippen LogP) is 0.687. The molecule has 0 aromatic carbocycles. The molecule has 8 heteroatoms. The molecule has 1 heterocycles. The lowest BCUT2D eigenvalue weighted by Gasteiger charge is -2.36. The maximum Gasteiger partial charge on any atom is 0.264 e. The fraction of sp³-hybridized carbons (Fsp3) is 0.889. The van der Waals surface area contributed by atoms with Crippen molar-refractivity contribution in [3.63, 3.8) is 0 Å². The average Bonchev–Trinajstić information content (AvgIpc) is 2.30. The Balaban J connectivity index is 3.00. The third kappa shape index (κ3) is 2.42. The summed E-state index contributed by atoms with van der Waals surface area (Å²) >= 11 is 6.12. The molecule has 1 unspecified atom stereocenters. The summed E-state index contributed by atoms with van der Waals surface area (Å²) in [5, 5.41) is 0. The van der Waals surface area contributed by atoms with E-state index >= 15 is 0 Å². The van der Waals surface area contributed by atoms with E-state index in [0.717, 1.165) is 0 Å². The first-order valence-corrected chi connectivity index (χ1v) is 7.07. The summed E-state index contributed by atoms with van der Waals surface area (Å²) in [4.78, 5) is 13.4. The molecular formula is C9H17ClN2O4S. The zero-order valence-corrected chi connectivity index (χ0v) is 11.8. The summed E-state index contributed by atoms with van der Waals surface area (Å²) in [6.45, 7) is 4.99. The van der Waals surface area contributed by atoms with Gasteiger partial charge in [0.1, 0.15) is 11.2 Å². The molecule has 1 aliphatic rings. The SMILES string of the molecule is CN1C(=O)C(C)(C)N(Cl)C1(C)CCS(=O)(=O)O. The first-order valence-electron chi connectivity index (χ1n) is 5.12.